The fourth-order valence-corrected chi connectivity index (χ4v) is 5.47. The Morgan fingerprint density at radius 3 is 1.88 bits per heavy atom. The molecule has 0 radical (unpaired) electrons. The van der Waals surface area contributed by atoms with Crippen LogP contribution < -0.4 is 4.74 Å². The van der Waals surface area contributed by atoms with Crippen molar-refractivity contribution in [2.75, 3.05) is 20.2 Å². The van der Waals surface area contributed by atoms with E-state index in [1.165, 1.54) is 5.56 Å². The molecule has 6 heteroatoms. The summed E-state index contributed by atoms with van der Waals surface area (Å²) < 4.78 is 5.78. The summed E-state index contributed by atoms with van der Waals surface area (Å²) >= 11 is 0. The molecule has 0 amide bonds. The SMILES string of the molecule is CCCN(CCC)Cc1cc(-c2cc3cc4nc(cc5ccc(cc6nc(cc2[nH]3)C=C6)[nH]5)C=C4)ccc1OC. The van der Waals surface area contributed by atoms with Gasteiger partial charge in [-0.1, -0.05) is 19.9 Å². The molecule has 0 aliphatic carbocycles. The number of benzene rings is 1. The number of nitrogens with zero attached hydrogens (tertiary/aromatic N) is 3. The van der Waals surface area contributed by atoms with Crippen molar-refractivity contribution in [1.82, 2.24) is 24.8 Å². The summed E-state index contributed by atoms with van der Waals surface area (Å²) in [6.07, 6.45) is 10.5. The summed E-state index contributed by atoms with van der Waals surface area (Å²) in [5, 5.41) is 0. The standard InChI is InChI=1S/C34H35N5O/c1-4-14-39(15-5-2)22-24-16-23(6-13-34(24)40-3)32-20-31-19-29-10-9-27(36-29)17-25-7-8-26(35-25)18-28-11-12-30(37-28)21-33(32)38-31/h6-13,16-21,35,38H,4-5,14-15,22H2,1-3H3. The van der Waals surface area contributed by atoms with Crippen molar-refractivity contribution in [2.45, 2.75) is 33.2 Å². The normalized spacial score (nSPS) is 12.4. The van der Waals surface area contributed by atoms with Gasteiger partial charge in [-0.25, -0.2) is 9.97 Å². The number of rotatable bonds is 8. The molecule has 2 aliphatic heterocycles. The van der Waals surface area contributed by atoms with Gasteiger partial charge in [-0.15, -0.1) is 0 Å². The minimum atomic E-state index is 0.863. The van der Waals surface area contributed by atoms with Crippen LogP contribution in [0.1, 0.15) is 55.0 Å². The largest absolute Gasteiger partial charge is 0.496 e. The van der Waals surface area contributed by atoms with Gasteiger partial charge >= 0.3 is 0 Å². The Balaban J connectivity index is 1.53. The quantitative estimate of drug-likeness (QED) is 0.210. The molecular formula is C34H35N5O. The van der Waals surface area contributed by atoms with Crippen LogP contribution in [0.5, 0.6) is 5.75 Å². The third-order valence-corrected chi connectivity index (χ3v) is 7.23. The summed E-state index contributed by atoms with van der Waals surface area (Å²) in [6.45, 7) is 7.48. The fourth-order valence-electron chi connectivity index (χ4n) is 5.47. The van der Waals surface area contributed by atoms with E-state index in [4.69, 9.17) is 14.7 Å². The van der Waals surface area contributed by atoms with E-state index in [1.807, 2.05) is 6.08 Å². The Morgan fingerprint density at radius 2 is 1.27 bits per heavy atom. The molecule has 6 nitrogen and oxygen atoms in total. The number of ether oxygens (including phenoxy) is 1. The third kappa shape index (κ3) is 5.63. The minimum absolute atomic E-state index is 0.863. The number of nitrogens with one attached hydrogen (secondary N) is 2. The Labute approximate surface area is 235 Å². The average molecular weight is 530 g/mol. The second-order valence-corrected chi connectivity index (χ2v) is 10.4. The first-order chi connectivity index (χ1) is 19.6. The molecule has 202 valence electrons. The monoisotopic (exact) mass is 529 g/mol. The zero-order chi connectivity index (χ0) is 27.5. The first kappa shape index (κ1) is 25.8. The molecule has 40 heavy (non-hydrogen) atoms. The van der Waals surface area contributed by atoms with Crippen molar-refractivity contribution in [3.63, 3.8) is 0 Å². The lowest BCUT2D eigenvalue weighted by Gasteiger charge is -2.22. The predicted molar refractivity (Wildman–Crippen MR) is 167 cm³/mol. The lowest BCUT2D eigenvalue weighted by atomic mass is 10.0. The van der Waals surface area contributed by atoms with E-state index >= 15 is 0 Å². The predicted octanol–water partition coefficient (Wildman–Crippen LogP) is 7.95. The highest BCUT2D eigenvalue weighted by Gasteiger charge is 2.13. The maximum absolute atomic E-state index is 5.78. The molecule has 5 heterocycles. The smallest absolute Gasteiger partial charge is 0.123 e. The van der Waals surface area contributed by atoms with Crippen molar-refractivity contribution in [3.8, 4) is 16.9 Å². The average Bonchev–Trinajstić information content (AvgIpc) is 3.75. The van der Waals surface area contributed by atoms with Crippen molar-refractivity contribution in [3.05, 3.63) is 89.0 Å². The molecule has 2 N–H and O–H groups in total. The highest BCUT2D eigenvalue weighted by Crippen LogP contribution is 2.32. The van der Waals surface area contributed by atoms with Crippen LogP contribution in [0.4, 0.5) is 0 Å². The lowest BCUT2D eigenvalue weighted by molar-refractivity contribution is 0.262. The van der Waals surface area contributed by atoms with Gasteiger partial charge < -0.3 is 14.7 Å². The highest BCUT2D eigenvalue weighted by molar-refractivity contribution is 5.88. The molecule has 2 aliphatic rings. The first-order valence-corrected chi connectivity index (χ1v) is 14.1. The Kier molecular flexibility index (Phi) is 7.34. The second-order valence-electron chi connectivity index (χ2n) is 10.4. The molecular weight excluding hydrogens is 494 g/mol. The number of aromatic amines is 2. The number of methoxy groups -OCH3 is 1. The molecule has 1 aromatic carbocycles. The van der Waals surface area contributed by atoms with Crippen LogP contribution in [-0.4, -0.2) is 45.0 Å². The number of fused-ring (bicyclic) bond motifs is 8. The molecule has 6 rings (SSSR count). The van der Waals surface area contributed by atoms with E-state index in [1.54, 1.807) is 7.11 Å². The van der Waals surface area contributed by atoms with Crippen LogP contribution in [-0.2, 0) is 6.54 Å². The molecule has 3 aromatic heterocycles. The fraction of sp³-hybridized carbons (Fsp3) is 0.235. The van der Waals surface area contributed by atoms with Gasteiger partial charge in [0.1, 0.15) is 5.75 Å². The van der Waals surface area contributed by atoms with Crippen molar-refractivity contribution >= 4 is 46.4 Å². The van der Waals surface area contributed by atoms with Gasteiger partial charge in [0.2, 0.25) is 0 Å². The van der Waals surface area contributed by atoms with Crippen LogP contribution in [0.2, 0.25) is 0 Å². The van der Waals surface area contributed by atoms with Gasteiger partial charge in [-0.3, -0.25) is 4.90 Å². The van der Waals surface area contributed by atoms with Crippen LogP contribution >= 0.6 is 0 Å². The number of hydrogen-bond donors (Lipinski definition) is 2. The maximum atomic E-state index is 5.78. The van der Waals surface area contributed by atoms with Crippen LogP contribution in [0, 0.1) is 0 Å². The van der Waals surface area contributed by atoms with Crippen molar-refractivity contribution in [1.29, 1.82) is 0 Å². The molecule has 0 saturated carbocycles. The molecule has 0 atom stereocenters. The van der Waals surface area contributed by atoms with Gasteiger partial charge in [-0.05, 0) is 110 Å². The van der Waals surface area contributed by atoms with E-state index < -0.39 is 0 Å². The van der Waals surface area contributed by atoms with E-state index in [2.05, 4.69) is 108 Å². The number of hydrogen-bond acceptors (Lipinski definition) is 4. The number of aromatic nitrogens is 4. The van der Waals surface area contributed by atoms with Crippen molar-refractivity contribution in [2.24, 2.45) is 0 Å². The summed E-state index contributed by atoms with van der Waals surface area (Å²) in [7, 11) is 1.75. The molecule has 8 bridgehead atoms. The van der Waals surface area contributed by atoms with E-state index in [-0.39, 0.29) is 0 Å². The zero-order valence-electron chi connectivity index (χ0n) is 23.4. The van der Waals surface area contributed by atoms with Crippen LogP contribution in [0.15, 0.2) is 60.7 Å². The highest BCUT2D eigenvalue weighted by atomic mass is 16.5. The van der Waals surface area contributed by atoms with E-state index in [9.17, 15) is 0 Å². The molecule has 0 unspecified atom stereocenters. The summed E-state index contributed by atoms with van der Waals surface area (Å²) in [5.41, 5.74) is 11.1. The van der Waals surface area contributed by atoms with Crippen molar-refractivity contribution < 1.29 is 4.74 Å². The zero-order valence-corrected chi connectivity index (χ0v) is 23.4. The summed E-state index contributed by atoms with van der Waals surface area (Å²) in [5.74, 6) is 0.925. The van der Waals surface area contributed by atoms with Gasteiger partial charge in [0, 0.05) is 39.7 Å². The minimum Gasteiger partial charge on any atom is -0.496 e. The van der Waals surface area contributed by atoms with Gasteiger partial charge in [-0.2, -0.15) is 0 Å². The Bertz CT molecular complexity index is 1750. The van der Waals surface area contributed by atoms with Gasteiger partial charge in [0.25, 0.3) is 0 Å². The maximum Gasteiger partial charge on any atom is 0.123 e. The molecule has 4 aromatic rings. The van der Waals surface area contributed by atoms with Gasteiger partial charge in [0.05, 0.1) is 29.9 Å². The third-order valence-electron chi connectivity index (χ3n) is 7.23. The first-order valence-electron chi connectivity index (χ1n) is 14.1. The summed E-state index contributed by atoms with van der Waals surface area (Å²) in [6, 6.07) is 21.2. The lowest BCUT2D eigenvalue weighted by Crippen LogP contribution is -2.25. The van der Waals surface area contributed by atoms with Crippen LogP contribution in [0.3, 0.4) is 0 Å². The second kappa shape index (κ2) is 11.4. The number of H-pyrrole nitrogens is 2. The Hall–Kier alpha value is -4.42. The van der Waals surface area contributed by atoms with E-state index in [0.717, 1.165) is 94.2 Å². The topological polar surface area (TPSA) is 69.8 Å². The molecule has 0 saturated heterocycles. The van der Waals surface area contributed by atoms with Gasteiger partial charge in [0.15, 0.2) is 0 Å². The summed E-state index contributed by atoms with van der Waals surface area (Å²) in [4.78, 5) is 19.3. The Morgan fingerprint density at radius 1 is 0.675 bits per heavy atom. The molecule has 0 fully saturated rings. The molecule has 0 spiro atoms. The van der Waals surface area contributed by atoms with E-state index in [0.29, 0.717) is 0 Å². The van der Waals surface area contributed by atoms with Crippen LogP contribution in [0.25, 0.3) is 57.5 Å².